The largest absolute Gasteiger partial charge is 0.443 e. The quantitative estimate of drug-likeness (QED) is 0.214. The average Bonchev–Trinajstić information content (AvgIpc) is 3.03. The van der Waals surface area contributed by atoms with Gasteiger partial charge in [0.05, 0.1) is 4.90 Å². The zero-order valence-corrected chi connectivity index (χ0v) is 29.9. The van der Waals surface area contributed by atoms with Crippen LogP contribution in [-0.2, 0) is 37.3 Å². The lowest BCUT2D eigenvalue weighted by Gasteiger charge is -2.28. The number of amides is 3. The van der Waals surface area contributed by atoms with Crippen LogP contribution in [0.2, 0.25) is 0 Å². The number of nitrogens with zero attached hydrogens (tertiary/aromatic N) is 2. The Morgan fingerprint density at radius 1 is 0.880 bits per heavy atom. The summed E-state index contributed by atoms with van der Waals surface area (Å²) in [4.78, 5) is 45.8. The minimum absolute atomic E-state index is 0.0371. The highest BCUT2D eigenvalue weighted by Crippen LogP contribution is 2.31. The van der Waals surface area contributed by atoms with E-state index in [0.717, 1.165) is 16.0 Å². The predicted molar refractivity (Wildman–Crippen MR) is 191 cm³/mol. The number of carbonyl (C=O) groups excluding carboxylic acids is 3. The molecule has 1 atom stereocenters. The third-order valence-corrected chi connectivity index (χ3v) is 9.06. The molecule has 1 aromatic heterocycles. The van der Waals surface area contributed by atoms with E-state index in [0.29, 0.717) is 41.4 Å². The number of imide groups is 1. The van der Waals surface area contributed by atoms with Gasteiger partial charge in [0.2, 0.25) is 15.9 Å². The highest BCUT2D eigenvalue weighted by molar-refractivity contribution is 7.89. The minimum atomic E-state index is -3.70. The van der Waals surface area contributed by atoms with Crippen LogP contribution in [-0.4, -0.2) is 49.2 Å². The molecule has 2 aliphatic heterocycles. The Morgan fingerprint density at radius 3 is 2.22 bits per heavy atom. The van der Waals surface area contributed by atoms with Crippen molar-refractivity contribution in [3.8, 4) is 0 Å². The third kappa shape index (κ3) is 9.16. The Kier molecular flexibility index (Phi) is 10.5. The van der Waals surface area contributed by atoms with Crippen LogP contribution in [0.3, 0.4) is 0 Å². The van der Waals surface area contributed by atoms with Crippen LogP contribution in [0.25, 0.3) is 10.8 Å². The molecule has 6 rings (SSSR count). The molecule has 13 heteroatoms. The summed E-state index contributed by atoms with van der Waals surface area (Å²) in [5, 5.41) is 7.40. The number of pyridine rings is 1. The number of rotatable bonds is 3. The summed E-state index contributed by atoms with van der Waals surface area (Å²) >= 11 is 0. The molecule has 264 valence electrons. The SMILES string of the molecule is CC(C)(C)OC(=O)N(C(=O)OC(C)(C)C)c1nccc2cc(NC3C(=O)NCc4cccc(c4)S(=O)(=O)NCCCc4ccc3cc4)ccc12. The first-order valence-electron chi connectivity index (χ1n) is 16.4. The molecule has 12 nitrogen and oxygen atoms in total. The van der Waals surface area contributed by atoms with Crippen molar-refractivity contribution in [2.45, 2.75) is 83.1 Å². The molecule has 1 unspecified atom stereocenters. The Balaban J connectivity index is 1.48. The van der Waals surface area contributed by atoms with Crippen LogP contribution in [0, 0.1) is 0 Å². The molecule has 3 heterocycles. The first-order chi connectivity index (χ1) is 23.5. The second-order valence-electron chi connectivity index (χ2n) is 14.1. The molecule has 0 saturated carbocycles. The number of fused-ring (bicyclic) bond motifs is 10. The van der Waals surface area contributed by atoms with Gasteiger partial charge in [-0.15, -0.1) is 0 Å². The topological polar surface area (TPSA) is 156 Å². The second kappa shape index (κ2) is 14.5. The number of anilines is 2. The number of benzene rings is 3. The third-order valence-electron chi connectivity index (χ3n) is 7.60. The number of hydrogen-bond acceptors (Lipinski definition) is 9. The number of ether oxygens (including phenoxy) is 2. The summed E-state index contributed by atoms with van der Waals surface area (Å²) in [5.74, 6) is -0.289. The number of aromatic nitrogens is 1. The van der Waals surface area contributed by atoms with Crippen molar-refractivity contribution in [3.63, 3.8) is 0 Å². The zero-order chi connectivity index (χ0) is 36.3. The predicted octanol–water partition coefficient (Wildman–Crippen LogP) is 6.61. The maximum Gasteiger partial charge on any atom is 0.425 e. The maximum absolute atomic E-state index is 13.8. The zero-order valence-electron chi connectivity index (χ0n) is 29.1. The van der Waals surface area contributed by atoms with Crippen LogP contribution in [0.4, 0.5) is 21.1 Å². The fourth-order valence-electron chi connectivity index (χ4n) is 5.33. The van der Waals surface area contributed by atoms with Crippen molar-refractivity contribution < 1.29 is 32.3 Å². The number of nitrogens with one attached hydrogen (secondary N) is 3. The molecular weight excluding hydrogens is 659 g/mol. The molecule has 0 saturated heterocycles. The van der Waals surface area contributed by atoms with Gasteiger partial charge >= 0.3 is 12.2 Å². The van der Waals surface area contributed by atoms with E-state index in [1.165, 1.54) is 12.3 Å². The highest BCUT2D eigenvalue weighted by Gasteiger charge is 2.34. The molecule has 4 bridgehead atoms. The van der Waals surface area contributed by atoms with Crippen LogP contribution in [0.5, 0.6) is 0 Å². The van der Waals surface area contributed by atoms with Crippen LogP contribution >= 0.6 is 0 Å². The van der Waals surface area contributed by atoms with Gasteiger partial charge in [-0.3, -0.25) is 4.79 Å². The maximum atomic E-state index is 13.8. The number of sulfonamides is 1. The van der Waals surface area contributed by atoms with Gasteiger partial charge in [0, 0.05) is 30.4 Å². The Hall–Kier alpha value is -5.01. The van der Waals surface area contributed by atoms with Gasteiger partial charge in [0.15, 0.2) is 5.82 Å². The van der Waals surface area contributed by atoms with E-state index in [9.17, 15) is 22.8 Å². The Bertz CT molecular complexity index is 1970. The van der Waals surface area contributed by atoms with Crippen molar-refractivity contribution in [2.24, 2.45) is 0 Å². The van der Waals surface area contributed by atoms with Crippen molar-refractivity contribution in [3.05, 3.63) is 95.7 Å². The molecule has 4 aromatic rings. The molecule has 0 fully saturated rings. The average molecular weight is 702 g/mol. The molecule has 3 aromatic carbocycles. The lowest BCUT2D eigenvalue weighted by molar-refractivity contribution is -0.122. The molecule has 50 heavy (non-hydrogen) atoms. The Morgan fingerprint density at radius 2 is 1.56 bits per heavy atom. The smallest absolute Gasteiger partial charge is 0.425 e. The minimum Gasteiger partial charge on any atom is -0.443 e. The van der Waals surface area contributed by atoms with Crippen molar-refractivity contribution in [2.75, 3.05) is 16.8 Å². The van der Waals surface area contributed by atoms with Gasteiger partial charge in [-0.1, -0.05) is 36.4 Å². The summed E-state index contributed by atoms with van der Waals surface area (Å²) in [6.45, 7) is 10.6. The molecular formula is C37H43N5O7S. The normalized spacial score (nSPS) is 16.7. The van der Waals surface area contributed by atoms with Crippen LogP contribution in [0.15, 0.2) is 83.9 Å². The van der Waals surface area contributed by atoms with Crippen molar-refractivity contribution in [1.29, 1.82) is 0 Å². The van der Waals surface area contributed by atoms with E-state index < -0.39 is 39.5 Å². The molecule has 3 amide bonds. The fraction of sp³-hybridized carbons (Fsp3) is 0.351. The van der Waals surface area contributed by atoms with Gasteiger partial charge in [-0.05, 0) is 113 Å². The van der Waals surface area contributed by atoms with E-state index in [4.69, 9.17) is 9.47 Å². The Labute approximate surface area is 292 Å². The molecule has 0 radical (unpaired) electrons. The van der Waals surface area contributed by atoms with Crippen molar-refractivity contribution in [1.82, 2.24) is 15.0 Å². The van der Waals surface area contributed by atoms with E-state index >= 15 is 0 Å². The van der Waals surface area contributed by atoms with Gasteiger partial charge < -0.3 is 20.1 Å². The highest BCUT2D eigenvalue weighted by atomic mass is 32.2. The molecule has 3 N–H and O–H groups in total. The first kappa shape index (κ1) is 36.3. The van der Waals surface area contributed by atoms with E-state index in [-0.39, 0.29) is 23.2 Å². The van der Waals surface area contributed by atoms with Gasteiger partial charge in [-0.25, -0.2) is 27.7 Å². The standard InChI is InChI=1S/C37H43N5O7S/c1-36(2,3)48-34(44)42(35(45)49-37(4,5)6)32-30-17-16-28(22-27(30)18-20-38-32)41-31-26-14-12-24(13-15-26)10-8-19-40-50(46,47)29-11-7-9-25(21-29)23-39-33(31)43/h7,9,11-18,20-22,31,40-41H,8,10,19,23H2,1-6H3,(H,39,43). The molecule has 0 aliphatic carbocycles. The van der Waals surface area contributed by atoms with Gasteiger partial charge in [-0.2, -0.15) is 4.90 Å². The van der Waals surface area contributed by atoms with E-state index in [1.54, 1.807) is 84.0 Å². The van der Waals surface area contributed by atoms with Gasteiger partial charge in [0.25, 0.3) is 0 Å². The first-order valence-corrected chi connectivity index (χ1v) is 17.8. The molecule has 2 aliphatic rings. The number of aryl methyl sites for hydroxylation is 1. The lowest BCUT2D eigenvalue weighted by Crippen LogP contribution is -2.44. The van der Waals surface area contributed by atoms with Crippen LogP contribution < -0.4 is 20.3 Å². The fourth-order valence-corrected chi connectivity index (χ4v) is 6.48. The lowest BCUT2D eigenvalue weighted by atomic mass is 10.0. The summed E-state index contributed by atoms with van der Waals surface area (Å²) in [7, 11) is -3.70. The monoisotopic (exact) mass is 701 g/mol. The summed E-state index contributed by atoms with van der Waals surface area (Å²) in [6.07, 6.45) is 0.870. The summed E-state index contributed by atoms with van der Waals surface area (Å²) in [5.41, 5.74) is 1.18. The van der Waals surface area contributed by atoms with Crippen molar-refractivity contribution >= 4 is 50.4 Å². The summed E-state index contributed by atoms with van der Waals surface area (Å²) < 4.78 is 39.5. The summed E-state index contributed by atoms with van der Waals surface area (Å²) in [6, 6.07) is 20.3. The second-order valence-corrected chi connectivity index (χ2v) is 15.8. The molecule has 0 spiro atoms. The number of carbonyl (C=O) groups is 3. The van der Waals surface area contributed by atoms with E-state index in [2.05, 4.69) is 20.3 Å². The van der Waals surface area contributed by atoms with Crippen LogP contribution in [0.1, 0.15) is 70.7 Å². The van der Waals surface area contributed by atoms with Gasteiger partial charge in [0.1, 0.15) is 17.2 Å². The number of hydrogen-bond donors (Lipinski definition) is 3. The van der Waals surface area contributed by atoms with E-state index in [1.807, 2.05) is 24.3 Å².